The Hall–Kier alpha value is -3.11. The van der Waals surface area contributed by atoms with Gasteiger partial charge in [-0.3, -0.25) is 0 Å². The highest BCUT2D eigenvalue weighted by molar-refractivity contribution is 6.35. The molecule has 0 spiro atoms. The van der Waals surface area contributed by atoms with Crippen LogP contribution in [0, 0.1) is 0 Å². The van der Waals surface area contributed by atoms with Gasteiger partial charge in [-0.1, -0.05) is 11.6 Å². The molecule has 4 nitrogen and oxygen atoms in total. The molecule has 5 rings (SSSR count). The molecule has 5 heteroatoms. The van der Waals surface area contributed by atoms with Crippen molar-refractivity contribution in [3.05, 3.63) is 70.3 Å². The summed E-state index contributed by atoms with van der Waals surface area (Å²) in [5.74, 6) is 0. The summed E-state index contributed by atoms with van der Waals surface area (Å²) in [6, 6.07) is 14.0. The van der Waals surface area contributed by atoms with Crippen molar-refractivity contribution in [3.63, 3.8) is 0 Å². The second-order valence-electron chi connectivity index (χ2n) is 5.99. The number of halogens is 1. The van der Waals surface area contributed by atoms with Gasteiger partial charge < -0.3 is 9.97 Å². The number of nitrogens with zero attached hydrogens (tertiary/aromatic N) is 2. The molecular formula is C20H13ClN4. The third kappa shape index (κ3) is 2.66. The van der Waals surface area contributed by atoms with Gasteiger partial charge in [-0.05, 0) is 66.8 Å². The lowest BCUT2D eigenvalue weighted by atomic mass is 10.3. The van der Waals surface area contributed by atoms with E-state index in [-0.39, 0.29) is 0 Å². The zero-order valence-corrected chi connectivity index (χ0v) is 13.9. The maximum Gasteiger partial charge on any atom is 0.0897 e. The molecule has 0 fully saturated rings. The average Bonchev–Trinajstić information content (AvgIpc) is 3.36. The minimum Gasteiger partial charge on any atom is -0.355 e. The van der Waals surface area contributed by atoms with Crippen LogP contribution in [0.25, 0.3) is 46.4 Å². The topological polar surface area (TPSA) is 57.4 Å². The van der Waals surface area contributed by atoms with Crippen LogP contribution in [-0.4, -0.2) is 19.9 Å². The van der Waals surface area contributed by atoms with Crippen molar-refractivity contribution in [2.75, 3.05) is 0 Å². The van der Waals surface area contributed by atoms with Gasteiger partial charge in [-0.15, -0.1) is 0 Å². The number of H-pyrrole nitrogens is 2. The number of rotatable bonds is 0. The first-order valence-corrected chi connectivity index (χ1v) is 8.34. The Morgan fingerprint density at radius 3 is 1.92 bits per heavy atom. The molecule has 0 atom stereocenters. The fourth-order valence-electron chi connectivity index (χ4n) is 2.97. The lowest BCUT2D eigenvalue weighted by molar-refractivity contribution is 1.31. The number of aromatic nitrogens is 4. The second kappa shape index (κ2) is 5.46. The highest BCUT2D eigenvalue weighted by atomic mass is 35.5. The predicted octanol–water partition coefficient (Wildman–Crippen LogP) is 5.31. The minimum absolute atomic E-state index is 0.600. The van der Waals surface area contributed by atoms with E-state index in [4.69, 9.17) is 11.6 Å². The molecule has 120 valence electrons. The normalized spacial score (nSPS) is 12.7. The molecule has 0 saturated heterocycles. The number of aromatic amines is 2. The molecular weight excluding hydrogens is 332 g/mol. The zero-order chi connectivity index (χ0) is 16.8. The minimum atomic E-state index is 0.600. The Balaban J connectivity index is 1.88. The summed E-state index contributed by atoms with van der Waals surface area (Å²) < 4.78 is 0. The molecule has 0 aromatic carbocycles. The second-order valence-corrected chi connectivity index (χ2v) is 6.37. The third-order valence-electron chi connectivity index (χ3n) is 4.16. The summed E-state index contributed by atoms with van der Waals surface area (Å²) in [6.07, 6.45) is 7.88. The van der Waals surface area contributed by atoms with Crippen LogP contribution in [0.5, 0.6) is 0 Å². The molecule has 3 aromatic heterocycles. The Morgan fingerprint density at radius 1 is 0.640 bits per heavy atom. The van der Waals surface area contributed by atoms with Crippen molar-refractivity contribution in [2.45, 2.75) is 0 Å². The fourth-order valence-corrected chi connectivity index (χ4v) is 3.19. The van der Waals surface area contributed by atoms with E-state index < -0.39 is 0 Å². The van der Waals surface area contributed by atoms with Gasteiger partial charge in [-0.2, -0.15) is 0 Å². The SMILES string of the molecule is Clc1c2nc(cc3ccc(cc4nc(cc5ccc1[nH]5)C=C4)[nH]3)C=C2. The van der Waals surface area contributed by atoms with Crippen LogP contribution in [0.3, 0.4) is 0 Å². The molecule has 0 saturated carbocycles. The highest BCUT2D eigenvalue weighted by Gasteiger charge is 2.06. The largest absolute Gasteiger partial charge is 0.355 e. The molecule has 0 aliphatic carbocycles. The van der Waals surface area contributed by atoms with Gasteiger partial charge in [0.15, 0.2) is 0 Å². The number of nitrogens with one attached hydrogen (secondary N) is 2. The molecule has 8 bridgehead atoms. The number of fused-ring (bicyclic) bond motifs is 8. The van der Waals surface area contributed by atoms with Crippen LogP contribution < -0.4 is 0 Å². The number of hydrogen-bond acceptors (Lipinski definition) is 2. The highest BCUT2D eigenvalue weighted by Crippen LogP contribution is 2.24. The maximum absolute atomic E-state index is 6.52. The summed E-state index contributed by atoms with van der Waals surface area (Å²) in [5.41, 5.74) is 7.20. The van der Waals surface area contributed by atoms with Crippen LogP contribution in [0.4, 0.5) is 0 Å². The van der Waals surface area contributed by atoms with Crippen LogP contribution in [0.2, 0.25) is 5.02 Å². The van der Waals surface area contributed by atoms with E-state index in [1.165, 1.54) is 0 Å². The van der Waals surface area contributed by atoms with Crippen molar-refractivity contribution >= 4 is 58.0 Å². The van der Waals surface area contributed by atoms with E-state index in [1.54, 1.807) is 0 Å². The molecule has 2 aliphatic heterocycles. The lowest BCUT2D eigenvalue weighted by Gasteiger charge is -1.90. The summed E-state index contributed by atoms with van der Waals surface area (Å²) in [6.45, 7) is 0. The van der Waals surface area contributed by atoms with Gasteiger partial charge in [0.05, 0.1) is 33.3 Å². The number of hydrogen-bond donors (Lipinski definition) is 2. The van der Waals surface area contributed by atoms with E-state index in [9.17, 15) is 0 Å². The van der Waals surface area contributed by atoms with Crippen LogP contribution in [0.1, 0.15) is 22.8 Å². The Bertz CT molecular complexity index is 1210. The predicted molar refractivity (Wildman–Crippen MR) is 104 cm³/mol. The standard InChI is InChI=1S/C20H13ClN4/c21-20-18-7-5-16(24-18)10-14-3-1-12(22-14)9-13-2-4-15(23-13)11-17-6-8-19(20)25-17/h1-11,22,25H. The molecule has 25 heavy (non-hydrogen) atoms. The summed E-state index contributed by atoms with van der Waals surface area (Å²) in [7, 11) is 0. The van der Waals surface area contributed by atoms with Gasteiger partial charge in [0.2, 0.25) is 0 Å². The van der Waals surface area contributed by atoms with Crippen molar-refractivity contribution in [3.8, 4) is 0 Å². The third-order valence-corrected chi connectivity index (χ3v) is 4.55. The van der Waals surface area contributed by atoms with Crippen molar-refractivity contribution < 1.29 is 0 Å². The Kier molecular flexibility index (Phi) is 3.11. The zero-order valence-electron chi connectivity index (χ0n) is 13.1. The summed E-state index contributed by atoms with van der Waals surface area (Å²) in [5, 5.41) is 0.600. The van der Waals surface area contributed by atoms with E-state index in [1.807, 2.05) is 66.8 Å². The van der Waals surface area contributed by atoms with Crippen LogP contribution in [-0.2, 0) is 0 Å². The maximum atomic E-state index is 6.52. The van der Waals surface area contributed by atoms with Crippen LogP contribution in [0.15, 0.2) is 42.5 Å². The lowest BCUT2D eigenvalue weighted by Crippen LogP contribution is -1.77. The smallest absolute Gasteiger partial charge is 0.0897 e. The molecule has 0 amide bonds. The van der Waals surface area contributed by atoms with Gasteiger partial charge in [-0.25, -0.2) is 9.97 Å². The molecule has 5 heterocycles. The van der Waals surface area contributed by atoms with E-state index in [0.29, 0.717) is 5.02 Å². The first-order chi connectivity index (χ1) is 12.2. The first-order valence-electron chi connectivity index (χ1n) is 7.96. The van der Waals surface area contributed by atoms with Crippen LogP contribution >= 0.6 is 11.6 Å². The monoisotopic (exact) mass is 344 g/mol. The average molecular weight is 345 g/mol. The van der Waals surface area contributed by atoms with Crippen molar-refractivity contribution in [1.82, 2.24) is 19.9 Å². The van der Waals surface area contributed by atoms with Gasteiger partial charge in [0.1, 0.15) is 0 Å². The summed E-state index contributed by atoms with van der Waals surface area (Å²) in [4.78, 5) is 15.9. The van der Waals surface area contributed by atoms with Gasteiger partial charge in [0.25, 0.3) is 0 Å². The molecule has 2 aliphatic rings. The quantitative estimate of drug-likeness (QED) is 0.400. The summed E-state index contributed by atoms with van der Waals surface area (Å²) >= 11 is 6.52. The Labute approximate surface area is 148 Å². The van der Waals surface area contributed by atoms with E-state index >= 15 is 0 Å². The van der Waals surface area contributed by atoms with Gasteiger partial charge in [0, 0.05) is 16.6 Å². The molecule has 3 aromatic rings. The fraction of sp³-hybridized carbons (Fsp3) is 0. The van der Waals surface area contributed by atoms with Crippen molar-refractivity contribution in [1.29, 1.82) is 0 Å². The van der Waals surface area contributed by atoms with Crippen molar-refractivity contribution in [2.24, 2.45) is 0 Å². The van der Waals surface area contributed by atoms with Gasteiger partial charge >= 0.3 is 0 Å². The first kappa shape index (κ1) is 14.3. The van der Waals surface area contributed by atoms with E-state index in [2.05, 4.69) is 19.9 Å². The molecule has 2 N–H and O–H groups in total. The van der Waals surface area contributed by atoms with E-state index in [0.717, 1.165) is 44.8 Å². The Morgan fingerprint density at radius 2 is 1.20 bits per heavy atom. The molecule has 0 radical (unpaired) electrons. The molecule has 0 unspecified atom stereocenters.